The number of nitrogens with zero attached hydrogens (tertiary/aromatic N) is 1. The van der Waals surface area contributed by atoms with Gasteiger partial charge in [0.2, 0.25) is 0 Å². The Morgan fingerprint density at radius 3 is 2.11 bits per heavy atom. The molecule has 0 amide bonds. The van der Waals surface area contributed by atoms with Crippen molar-refractivity contribution in [1.82, 2.24) is 5.12 Å². The van der Waals surface area contributed by atoms with E-state index < -0.39 is 0 Å². The molecule has 0 aliphatic rings. The summed E-state index contributed by atoms with van der Waals surface area (Å²) in [6.45, 7) is 7.10. The second kappa shape index (κ2) is 4.26. The molecule has 1 unspecified atom stereocenters. The van der Waals surface area contributed by atoms with Gasteiger partial charge in [-0.2, -0.15) is 5.12 Å². The molecular weight excluding hydrogens is 114 g/mol. The van der Waals surface area contributed by atoms with Gasteiger partial charge in [-0.15, -0.1) is 13.2 Å². The van der Waals surface area contributed by atoms with Gasteiger partial charge in [0.1, 0.15) is 0 Å². The molecule has 0 aliphatic heterocycles. The highest BCUT2D eigenvalue weighted by molar-refractivity contribution is 4.89. The SMILES string of the molecule is C=CCC(C=C)N(N)N. The highest BCUT2D eigenvalue weighted by Gasteiger charge is 2.03. The van der Waals surface area contributed by atoms with E-state index in [0.717, 1.165) is 11.5 Å². The van der Waals surface area contributed by atoms with Gasteiger partial charge in [-0.25, -0.2) is 0 Å². The van der Waals surface area contributed by atoms with Gasteiger partial charge < -0.3 is 0 Å². The second-order valence-electron chi connectivity index (χ2n) is 1.77. The van der Waals surface area contributed by atoms with Crippen LogP contribution in [0.5, 0.6) is 0 Å². The van der Waals surface area contributed by atoms with Crippen molar-refractivity contribution in [3.8, 4) is 0 Å². The Morgan fingerprint density at radius 1 is 1.44 bits per heavy atom. The molecule has 1 atom stereocenters. The Labute approximate surface area is 55.6 Å². The van der Waals surface area contributed by atoms with Crippen LogP contribution in [0.4, 0.5) is 0 Å². The van der Waals surface area contributed by atoms with E-state index in [-0.39, 0.29) is 6.04 Å². The number of nitrogens with two attached hydrogens (primary N) is 2. The van der Waals surface area contributed by atoms with Crippen LogP contribution in [0.2, 0.25) is 0 Å². The first-order valence-corrected chi connectivity index (χ1v) is 2.74. The fourth-order valence-electron chi connectivity index (χ4n) is 0.510. The lowest BCUT2D eigenvalue weighted by atomic mass is 10.2. The smallest absolute Gasteiger partial charge is 0.0606 e. The number of hydrogen-bond acceptors (Lipinski definition) is 3. The largest absolute Gasteiger partial charge is 0.255 e. The fraction of sp³-hybridized carbons (Fsp3) is 0.333. The van der Waals surface area contributed by atoms with Gasteiger partial charge in [0.15, 0.2) is 0 Å². The first-order chi connectivity index (χ1) is 4.22. The highest BCUT2D eigenvalue weighted by Crippen LogP contribution is 1.95. The molecule has 0 saturated carbocycles. The van der Waals surface area contributed by atoms with E-state index in [2.05, 4.69) is 13.2 Å². The third kappa shape index (κ3) is 3.03. The Bertz CT molecular complexity index is 98.5. The molecule has 52 valence electrons. The molecule has 0 heterocycles. The summed E-state index contributed by atoms with van der Waals surface area (Å²) in [5, 5.41) is 1.12. The number of hydrazine groups is 2. The van der Waals surface area contributed by atoms with Gasteiger partial charge in [-0.1, -0.05) is 12.2 Å². The van der Waals surface area contributed by atoms with Crippen molar-refractivity contribution >= 4 is 0 Å². The molecule has 0 radical (unpaired) electrons. The van der Waals surface area contributed by atoms with E-state index in [9.17, 15) is 0 Å². The Balaban J connectivity index is 3.66. The molecule has 3 nitrogen and oxygen atoms in total. The van der Waals surface area contributed by atoms with Crippen LogP contribution < -0.4 is 11.7 Å². The van der Waals surface area contributed by atoms with Gasteiger partial charge in [0.25, 0.3) is 0 Å². The van der Waals surface area contributed by atoms with Crippen LogP contribution in [0.3, 0.4) is 0 Å². The third-order valence-electron chi connectivity index (χ3n) is 1.06. The van der Waals surface area contributed by atoms with E-state index in [4.69, 9.17) is 11.7 Å². The van der Waals surface area contributed by atoms with E-state index in [1.165, 1.54) is 0 Å². The first kappa shape index (κ1) is 8.36. The minimum Gasteiger partial charge on any atom is -0.255 e. The molecule has 3 heteroatoms. The predicted octanol–water partition coefficient (Wildman–Crippen LogP) is 0.167. The molecule has 0 rings (SSSR count). The van der Waals surface area contributed by atoms with Crippen LogP contribution in [0.1, 0.15) is 6.42 Å². The van der Waals surface area contributed by atoms with Crippen LogP contribution in [0, 0.1) is 0 Å². The van der Waals surface area contributed by atoms with Gasteiger partial charge in [-0.05, 0) is 6.42 Å². The lowest BCUT2D eigenvalue weighted by molar-refractivity contribution is 0.244. The summed E-state index contributed by atoms with van der Waals surface area (Å²) in [7, 11) is 0. The minimum absolute atomic E-state index is 0.00231. The lowest BCUT2D eigenvalue weighted by Crippen LogP contribution is -2.45. The van der Waals surface area contributed by atoms with E-state index in [1.807, 2.05) is 0 Å². The van der Waals surface area contributed by atoms with Crippen molar-refractivity contribution < 1.29 is 0 Å². The quantitative estimate of drug-likeness (QED) is 0.321. The minimum atomic E-state index is 0.00231. The monoisotopic (exact) mass is 127 g/mol. The van der Waals surface area contributed by atoms with Crippen LogP contribution >= 0.6 is 0 Å². The van der Waals surface area contributed by atoms with E-state index in [1.54, 1.807) is 12.2 Å². The zero-order valence-electron chi connectivity index (χ0n) is 5.46. The lowest BCUT2D eigenvalue weighted by Gasteiger charge is -2.16. The summed E-state index contributed by atoms with van der Waals surface area (Å²) in [5.41, 5.74) is 0. The normalized spacial score (nSPS) is 13.2. The third-order valence-corrected chi connectivity index (χ3v) is 1.06. The number of rotatable bonds is 4. The average molecular weight is 127 g/mol. The summed E-state index contributed by atoms with van der Waals surface area (Å²) in [6, 6.07) is 0.00231. The highest BCUT2D eigenvalue weighted by atomic mass is 15.6. The molecule has 0 fully saturated rings. The fourth-order valence-corrected chi connectivity index (χ4v) is 0.510. The molecule has 4 N–H and O–H groups in total. The van der Waals surface area contributed by atoms with Crippen molar-refractivity contribution in [3.05, 3.63) is 25.3 Å². The van der Waals surface area contributed by atoms with Crippen molar-refractivity contribution in [2.75, 3.05) is 0 Å². The molecule has 0 spiro atoms. The van der Waals surface area contributed by atoms with E-state index >= 15 is 0 Å². The maximum atomic E-state index is 5.23. The Hall–Kier alpha value is -0.640. The Morgan fingerprint density at radius 2 is 2.00 bits per heavy atom. The van der Waals surface area contributed by atoms with Gasteiger partial charge >= 0.3 is 0 Å². The molecule has 9 heavy (non-hydrogen) atoms. The van der Waals surface area contributed by atoms with Gasteiger partial charge in [-0.3, -0.25) is 11.7 Å². The van der Waals surface area contributed by atoms with Crippen LogP contribution in [0.25, 0.3) is 0 Å². The molecular formula is C6H13N3. The predicted molar refractivity (Wildman–Crippen MR) is 39.0 cm³/mol. The molecule has 0 bridgehead atoms. The van der Waals surface area contributed by atoms with Crippen molar-refractivity contribution in [2.24, 2.45) is 11.7 Å². The average Bonchev–Trinajstić information content (AvgIpc) is 1.82. The summed E-state index contributed by atoms with van der Waals surface area (Å²) in [4.78, 5) is 0. The second-order valence-corrected chi connectivity index (χ2v) is 1.77. The molecule has 0 aliphatic carbocycles. The topological polar surface area (TPSA) is 55.3 Å². The summed E-state index contributed by atoms with van der Waals surface area (Å²) < 4.78 is 0. The molecule has 0 aromatic rings. The summed E-state index contributed by atoms with van der Waals surface area (Å²) >= 11 is 0. The van der Waals surface area contributed by atoms with E-state index in [0.29, 0.717) is 0 Å². The summed E-state index contributed by atoms with van der Waals surface area (Å²) in [5.74, 6) is 10.5. The van der Waals surface area contributed by atoms with Crippen molar-refractivity contribution in [3.63, 3.8) is 0 Å². The molecule has 0 aromatic carbocycles. The Kier molecular flexibility index (Phi) is 3.96. The maximum Gasteiger partial charge on any atom is 0.0606 e. The summed E-state index contributed by atoms with van der Waals surface area (Å²) in [6.07, 6.45) is 4.16. The molecule has 0 saturated heterocycles. The van der Waals surface area contributed by atoms with Crippen molar-refractivity contribution in [1.29, 1.82) is 0 Å². The number of hydrogen-bond donors (Lipinski definition) is 2. The van der Waals surface area contributed by atoms with Crippen LogP contribution in [0.15, 0.2) is 25.3 Å². The zero-order valence-corrected chi connectivity index (χ0v) is 5.46. The zero-order chi connectivity index (χ0) is 7.28. The van der Waals surface area contributed by atoms with Gasteiger partial charge in [0, 0.05) is 0 Å². The molecule has 0 aromatic heterocycles. The van der Waals surface area contributed by atoms with Crippen LogP contribution in [-0.2, 0) is 0 Å². The first-order valence-electron chi connectivity index (χ1n) is 2.74. The standard InChI is InChI=1S/C6H13N3/c1-3-5-6(4-2)9(7)8/h3-4,6H,1-2,5,7-8H2. The van der Waals surface area contributed by atoms with Crippen molar-refractivity contribution in [2.45, 2.75) is 12.5 Å². The maximum absolute atomic E-state index is 5.23. The van der Waals surface area contributed by atoms with Crippen LogP contribution in [-0.4, -0.2) is 11.2 Å². The van der Waals surface area contributed by atoms with Gasteiger partial charge in [0.05, 0.1) is 6.04 Å².